The summed E-state index contributed by atoms with van der Waals surface area (Å²) in [5, 5.41) is 1.16. The third-order valence-electron chi connectivity index (χ3n) is 2.21. The second-order valence-corrected chi connectivity index (χ2v) is 2.91. The van der Waals surface area contributed by atoms with Gasteiger partial charge in [0, 0.05) is 5.22 Å². The van der Waals surface area contributed by atoms with Crippen molar-refractivity contribution in [3.05, 3.63) is 47.0 Å². The molecule has 0 aromatic carbocycles. The number of allylic oxidation sites excluding steroid dienone is 4. The molecule has 0 fully saturated rings. The maximum Gasteiger partial charge on any atom is 0.226 e. The van der Waals surface area contributed by atoms with Crippen molar-refractivity contribution >= 4 is 5.57 Å². The minimum atomic E-state index is 0.764. The molecule has 0 amide bonds. The Morgan fingerprint density at radius 3 is 3.42 bits per heavy atom. The minimum Gasteiger partial charge on any atom is -0.446 e. The van der Waals surface area contributed by atoms with Gasteiger partial charge in [0.25, 0.3) is 0 Å². The molecule has 1 aromatic rings. The van der Waals surface area contributed by atoms with E-state index >= 15 is 0 Å². The standard InChI is InChI=1S/C10H7NO/c1-2-4-9-7(3-1)8-5-6-12-10(8)11-9/h1-2,4-6H,3H2. The number of rotatable bonds is 0. The average Bonchev–Trinajstić information content (AvgIpc) is 2.62. The van der Waals surface area contributed by atoms with Crippen LogP contribution in [0.15, 0.2) is 45.7 Å². The minimum absolute atomic E-state index is 0.764. The lowest BCUT2D eigenvalue weighted by molar-refractivity contribution is 0.512. The monoisotopic (exact) mass is 157 g/mol. The summed E-state index contributed by atoms with van der Waals surface area (Å²) in [5.74, 6) is 0. The van der Waals surface area contributed by atoms with Crippen molar-refractivity contribution in [3.8, 4) is 0 Å². The Morgan fingerprint density at radius 1 is 1.42 bits per heavy atom. The Morgan fingerprint density at radius 2 is 2.42 bits per heavy atom. The van der Waals surface area contributed by atoms with Gasteiger partial charge in [0.2, 0.25) is 5.55 Å². The molecule has 2 nitrogen and oxygen atoms in total. The molecular formula is C10H7NO. The van der Waals surface area contributed by atoms with Gasteiger partial charge in [-0.25, -0.2) is 4.99 Å². The first kappa shape index (κ1) is 6.00. The van der Waals surface area contributed by atoms with Crippen LogP contribution in [-0.2, 0) is 0 Å². The van der Waals surface area contributed by atoms with Crippen molar-refractivity contribution in [2.24, 2.45) is 4.99 Å². The maximum absolute atomic E-state index is 5.21. The number of hydrogen-bond acceptors (Lipinski definition) is 2. The largest absolute Gasteiger partial charge is 0.446 e. The molecule has 2 heterocycles. The summed E-state index contributed by atoms with van der Waals surface area (Å²) < 4.78 is 5.21. The van der Waals surface area contributed by atoms with Crippen molar-refractivity contribution in [2.75, 3.05) is 0 Å². The van der Waals surface area contributed by atoms with E-state index in [1.165, 1.54) is 5.57 Å². The van der Waals surface area contributed by atoms with E-state index in [0.717, 1.165) is 22.9 Å². The highest BCUT2D eigenvalue weighted by Crippen LogP contribution is 2.21. The third kappa shape index (κ3) is 0.619. The zero-order chi connectivity index (χ0) is 7.97. The summed E-state index contributed by atoms with van der Waals surface area (Å²) in [4.78, 5) is 4.34. The van der Waals surface area contributed by atoms with Crippen LogP contribution in [-0.4, -0.2) is 0 Å². The third-order valence-corrected chi connectivity index (χ3v) is 2.21. The molecule has 0 atom stereocenters. The van der Waals surface area contributed by atoms with Gasteiger partial charge in [0.15, 0.2) is 0 Å². The zero-order valence-electron chi connectivity index (χ0n) is 6.45. The Bertz CT molecular complexity index is 502. The average molecular weight is 157 g/mol. The summed E-state index contributed by atoms with van der Waals surface area (Å²) in [6, 6.07) is 1.98. The van der Waals surface area contributed by atoms with Crippen molar-refractivity contribution < 1.29 is 4.42 Å². The van der Waals surface area contributed by atoms with Crippen LogP contribution >= 0.6 is 0 Å². The molecule has 1 aromatic heterocycles. The SMILES string of the molecule is C1=CCC2=c3ccoc3=NC2=C1. The smallest absolute Gasteiger partial charge is 0.226 e. The van der Waals surface area contributed by atoms with Gasteiger partial charge >= 0.3 is 0 Å². The quantitative estimate of drug-likeness (QED) is 0.549. The number of hydrogen-bond donors (Lipinski definition) is 0. The van der Waals surface area contributed by atoms with Crippen LogP contribution in [0.1, 0.15) is 6.42 Å². The molecule has 0 bridgehead atoms. The fourth-order valence-corrected chi connectivity index (χ4v) is 1.63. The van der Waals surface area contributed by atoms with Crippen LogP contribution in [0.4, 0.5) is 0 Å². The van der Waals surface area contributed by atoms with Gasteiger partial charge in [-0.05, 0) is 24.1 Å². The Hall–Kier alpha value is -1.57. The summed E-state index contributed by atoms with van der Waals surface area (Å²) in [7, 11) is 0. The summed E-state index contributed by atoms with van der Waals surface area (Å²) in [6.45, 7) is 0. The van der Waals surface area contributed by atoms with E-state index in [0.29, 0.717) is 0 Å². The van der Waals surface area contributed by atoms with Gasteiger partial charge in [-0.2, -0.15) is 0 Å². The summed E-state index contributed by atoms with van der Waals surface area (Å²) in [5.41, 5.74) is 3.12. The highest BCUT2D eigenvalue weighted by atomic mass is 16.3. The van der Waals surface area contributed by atoms with E-state index in [4.69, 9.17) is 4.42 Å². The Balaban J connectivity index is 2.47. The Labute approximate surface area is 69.2 Å². The maximum atomic E-state index is 5.21. The molecule has 0 N–H and O–H groups in total. The van der Waals surface area contributed by atoms with Crippen LogP contribution in [0.5, 0.6) is 0 Å². The fourth-order valence-electron chi connectivity index (χ4n) is 1.63. The zero-order valence-corrected chi connectivity index (χ0v) is 6.45. The lowest BCUT2D eigenvalue weighted by atomic mass is 10.0. The molecule has 3 rings (SSSR count). The molecule has 2 heteroatoms. The fraction of sp³-hybridized carbons (Fsp3) is 0.100. The van der Waals surface area contributed by atoms with Crippen molar-refractivity contribution in [1.82, 2.24) is 0 Å². The van der Waals surface area contributed by atoms with Gasteiger partial charge in [-0.3, -0.25) is 0 Å². The van der Waals surface area contributed by atoms with E-state index < -0.39 is 0 Å². The second-order valence-electron chi connectivity index (χ2n) is 2.91. The molecule has 0 spiro atoms. The first-order valence-corrected chi connectivity index (χ1v) is 3.98. The molecule has 1 aliphatic heterocycles. The van der Waals surface area contributed by atoms with E-state index in [9.17, 15) is 0 Å². The molecule has 0 saturated carbocycles. The van der Waals surface area contributed by atoms with E-state index in [-0.39, 0.29) is 0 Å². The number of nitrogens with zero attached hydrogens (tertiary/aromatic N) is 1. The molecule has 58 valence electrons. The van der Waals surface area contributed by atoms with Crippen LogP contribution in [0.2, 0.25) is 0 Å². The van der Waals surface area contributed by atoms with Crippen LogP contribution < -0.4 is 10.8 Å². The van der Waals surface area contributed by atoms with Crippen LogP contribution in [0.3, 0.4) is 0 Å². The summed E-state index contributed by atoms with van der Waals surface area (Å²) >= 11 is 0. The predicted molar refractivity (Wildman–Crippen MR) is 44.7 cm³/mol. The lowest BCUT2D eigenvalue weighted by Crippen LogP contribution is -2.17. The highest BCUT2D eigenvalue weighted by molar-refractivity contribution is 5.68. The van der Waals surface area contributed by atoms with Crippen molar-refractivity contribution in [2.45, 2.75) is 6.42 Å². The molecule has 0 unspecified atom stereocenters. The molecular weight excluding hydrogens is 150 g/mol. The number of fused-ring (bicyclic) bond motifs is 2. The van der Waals surface area contributed by atoms with Crippen LogP contribution in [0.25, 0.3) is 5.57 Å². The summed E-state index contributed by atoms with van der Waals surface area (Å²) in [6.07, 6.45) is 8.86. The predicted octanol–water partition coefficient (Wildman–Crippen LogP) is 0.907. The molecule has 0 saturated heterocycles. The van der Waals surface area contributed by atoms with Gasteiger partial charge in [-0.15, -0.1) is 0 Å². The van der Waals surface area contributed by atoms with Gasteiger partial charge < -0.3 is 4.42 Å². The van der Waals surface area contributed by atoms with Gasteiger partial charge in [0.1, 0.15) is 0 Å². The van der Waals surface area contributed by atoms with E-state index in [2.05, 4.69) is 11.1 Å². The van der Waals surface area contributed by atoms with E-state index in [1.54, 1.807) is 6.26 Å². The lowest BCUT2D eigenvalue weighted by Gasteiger charge is -2.02. The molecule has 1 aliphatic carbocycles. The first-order valence-electron chi connectivity index (χ1n) is 3.98. The highest BCUT2D eigenvalue weighted by Gasteiger charge is 2.14. The molecule has 12 heavy (non-hydrogen) atoms. The molecule has 0 radical (unpaired) electrons. The van der Waals surface area contributed by atoms with Crippen molar-refractivity contribution in [3.63, 3.8) is 0 Å². The second kappa shape index (κ2) is 1.97. The number of furan rings is 1. The first-order chi connectivity index (χ1) is 5.95. The molecule has 2 aliphatic rings. The van der Waals surface area contributed by atoms with Crippen LogP contribution in [0, 0.1) is 0 Å². The topological polar surface area (TPSA) is 25.5 Å². The van der Waals surface area contributed by atoms with Gasteiger partial charge in [-0.1, -0.05) is 12.2 Å². The van der Waals surface area contributed by atoms with Crippen molar-refractivity contribution in [1.29, 1.82) is 0 Å². The van der Waals surface area contributed by atoms with Gasteiger partial charge in [0.05, 0.1) is 12.0 Å². The Kier molecular flexibility index (Phi) is 0.987. The normalized spacial score (nSPS) is 18.3. The van der Waals surface area contributed by atoms with E-state index in [1.807, 2.05) is 18.2 Å².